The average Bonchev–Trinajstić information content (AvgIpc) is 2.97. The van der Waals surface area contributed by atoms with Crippen LogP contribution in [0.4, 0.5) is 4.79 Å². The van der Waals surface area contributed by atoms with Crippen LogP contribution < -0.4 is 10.6 Å². The molecule has 2 rings (SSSR count). The SMILES string of the molecule is O=C(NCCc1cnc[nH]1)NCC1(C(=O)O)CC1. The first-order valence-corrected chi connectivity index (χ1v) is 5.85. The Morgan fingerprint density at radius 3 is 2.78 bits per heavy atom. The molecule has 0 radical (unpaired) electrons. The van der Waals surface area contributed by atoms with Crippen LogP contribution >= 0.6 is 0 Å². The van der Waals surface area contributed by atoms with Gasteiger partial charge in [-0.05, 0) is 12.8 Å². The highest BCUT2D eigenvalue weighted by Gasteiger charge is 2.50. The van der Waals surface area contributed by atoms with Crippen molar-refractivity contribution in [3.8, 4) is 0 Å². The smallest absolute Gasteiger partial charge is 0.314 e. The van der Waals surface area contributed by atoms with Crippen molar-refractivity contribution in [1.29, 1.82) is 0 Å². The highest BCUT2D eigenvalue weighted by Crippen LogP contribution is 2.45. The molecule has 0 unspecified atom stereocenters. The Labute approximate surface area is 104 Å². The number of carboxylic acid groups (broad SMARTS) is 1. The van der Waals surface area contributed by atoms with E-state index in [4.69, 9.17) is 5.11 Å². The van der Waals surface area contributed by atoms with Gasteiger partial charge in [0.1, 0.15) is 0 Å². The van der Waals surface area contributed by atoms with Gasteiger partial charge in [0.05, 0.1) is 11.7 Å². The fourth-order valence-corrected chi connectivity index (χ4v) is 1.66. The highest BCUT2D eigenvalue weighted by atomic mass is 16.4. The van der Waals surface area contributed by atoms with Gasteiger partial charge in [0, 0.05) is 31.4 Å². The Balaban J connectivity index is 1.62. The van der Waals surface area contributed by atoms with Gasteiger partial charge in [0.25, 0.3) is 0 Å². The predicted molar refractivity (Wildman–Crippen MR) is 63.0 cm³/mol. The number of hydrogen-bond acceptors (Lipinski definition) is 3. The van der Waals surface area contributed by atoms with Gasteiger partial charge in [-0.3, -0.25) is 4.79 Å². The summed E-state index contributed by atoms with van der Waals surface area (Å²) >= 11 is 0. The molecule has 1 saturated carbocycles. The number of carbonyl (C=O) groups is 2. The summed E-state index contributed by atoms with van der Waals surface area (Å²) in [6, 6.07) is -0.331. The summed E-state index contributed by atoms with van der Waals surface area (Å²) in [5.74, 6) is -0.833. The van der Waals surface area contributed by atoms with Gasteiger partial charge in [0.2, 0.25) is 0 Å². The quantitative estimate of drug-likeness (QED) is 0.576. The zero-order valence-corrected chi connectivity index (χ0v) is 9.90. The van der Waals surface area contributed by atoms with E-state index in [1.807, 2.05) is 0 Å². The number of carbonyl (C=O) groups excluding carboxylic acids is 1. The van der Waals surface area contributed by atoms with Gasteiger partial charge in [0.15, 0.2) is 0 Å². The third-order valence-corrected chi connectivity index (χ3v) is 3.13. The number of aromatic amines is 1. The molecule has 1 aliphatic rings. The number of imidazole rings is 1. The van der Waals surface area contributed by atoms with E-state index in [0.29, 0.717) is 25.8 Å². The molecule has 1 aliphatic carbocycles. The first kappa shape index (κ1) is 12.4. The van der Waals surface area contributed by atoms with E-state index in [-0.39, 0.29) is 12.6 Å². The molecule has 2 amide bonds. The first-order chi connectivity index (χ1) is 8.62. The third kappa shape index (κ3) is 2.99. The molecule has 98 valence electrons. The van der Waals surface area contributed by atoms with Gasteiger partial charge < -0.3 is 20.7 Å². The molecule has 7 nitrogen and oxygen atoms in total. The molecule has 0 saturated heterocycles. The normalized spacial score (nSPS) is 16.0. The van der Waals surface area contributed by atoms with Crippen LogP contribution in [0.2, 0.25) is 0 Å². The van der Waals surface area contributed by atoms with Crippen molar-refractivity contribution in [3.05, 3.63) is 18.2 Å². The number of amides is 2. The van der Waals surface area contributed by atoms with E-state index < -0.39 is 11.4 Å². The molecule has 0 aliphatic heterocycles. The Bertz CT molecular complexity index is 426. The molecule has 1 aromatic rings. The lowest BCUT2D eigenvalue weighted by Crippen LogP contribution is -2.41. The summed E-state index contributed by atoms with van der Waals surface area (Å²) in [7, 11) is 0. The molecular formula is C11H16N4O3. The summed E-state index contributed by atoms with van der Waals surface area (Å²) in [5.41, 5.74) is 0.222. The van der Waals surface area contributed by atoms with E-state index in [9.17, 15) is 9.59 Å². The lowest BCUT2D eigenvalue weighted by Gasteiger charge is -2.11. The Morgan fingerprint density at radius 1 is 1.44 bits per heavy atom. The van der Waals surface area contributed by atoms with Crippen LogP contribution in [0.5, 0.6) is 0 Å². The van der Waals surface area contributed by atoms with Crippen LogP contribution in [-0.4, -0.2) is 40.2 Å². The zero-order chi connectivity index (χ0) is 13.0. The standard InChI is InChI=1S/C11H16N4O3/c16-9(17)11(2-3-11)6-14-10(18)13-4-1-8-5-12-7-15-8/h5,7H,1-4,6H2,(H,12,15)(H,16,17)(H2,13,14,18). The molecule has 0 spiro atoms. The molecule has 7 heteroatoms. The maximum Gasteiger partial charge on any atom is 0.314 e. The lowest BCUT2D eigenvalue weighted by molar-refractivity contribution is -0.143. The number of aromatic nitrogens is 2. The lowest BCUT2D eigenvalue weighted by atomic mass is 10.1. The number of aliphatic carboxylic acids is 1. The molecular weight excluding hydrogens is 236 g/mol. The molecule has 18 heavy (non-hydrogen) atoms. The van der Waals surface area contributed by atoms with Gasteiger partial charge >= 0.3 is 12.0 Å². The van der Waals surface area contributed by atoms with Gasteiger partial charge in [-0.25, -0.2) is 9.78 Å². The van der Waals surface area contributed by atoms with Crippen molar-refractivity contribution in [1.82, 2.24) is 20.6 Å². The molecule has 0 bridgehead atoms. The van der Waals surface area contributed by atoms with Crippen LogP contribution in [-0.2, 0) is 11.2 Å². The van der Waals surface area contributed by atoms with Crippen LogP contribution in [0.3, 0.4) is 0 Å². The minimum atomic E-state index is -0.833. The van der Waals surface area contributed by atoms with E-state index in [1.165, 1.54) is 0 Å². The third-order valence-electron chi connectivity index (χ3n) is 3.13. The van der Waals surface area contributed by atoms with Gasteiger partial charge in [-0.15, -0.1) is 0 Å². The van der Waals surface area contributed by atoms with Crippen molar-refractivity contribution in [2.24, 2.45) is 5.41 Å². The van der Waals surface area contributed by atoms with Crippen molar-refractivity contribution in [2.75, 3.05) is 13.1 Å². The second kappa shape index (κ2) is 5.07. The number of hydrogen-bond donors (Lipinski definition) is 4. The topological polar surface area (TPSA) is 107 Å². The van der Waals surface area contributed by atoms with Crippen LogP contribution in [0.25, 0.3) is 0 Å². The van der Waals surface area contributed by atoms with Crippen LogP contribution in [0, 0.1) is 5.41 Å². The van der Waals surface area contributed by atoms with E-state index in [0.717, 1.165) is 5.69 Å². The molecule has 0 aromatic carbocycles. The van der Waals surface area contributed by atoms with E-state index >= 15 is 0 Å². The van der Waals surface area contributed by atoms with Crippen molar-refractivity contribution in [2.45, 2.75) is 19.3 Å². The van der Waals surface area contributed by atoms with E-state index in [1.54, 1.807) is 12.5 Å². The monoisotopic (exact) mass is 252 g/mol. The van der Waals surface area contributed by atoms with Crippen LogP contribution in [0.1, 0.15) is 18.5 Å². The largest absolute Gasteiger partial charge is 0.481 e. The van der Waals surface area contributed by atoms with Crippen molar-refractivity contribution >= 4 is 12.0 Å². The molecule has 1 heterocycles. The second-order valence-corrected chi connectivity index (χ2v) is 4.52. The van der Waals surface area contributed by atoms with E-state index in [2.05, 4.69) is 20.6 Å². The summed E-state index contributed by atoms with van der Waals surface area (Å²) in [6.07, 6.45) is 5.22. The number of rotatable bonds is 6. The Morgan fingerprint density at radius 2 is 2.22 bits per heavy atom. The fraction of sp³-hybridized carbons (Fsp3) is 0.545. The average molecular weight is 252 g/mol. The maximum absolute atomic E-state index is 11.4. The predicted octanol–water partition coefficient (Wildman–Crippen LogP) is 0.116. The number of nitrogens with one attached hydrogen (secondary N) is 3. The molecule has 1 aromatic heterocycles. The Hall–Kier alpha value is -2.05. The van der Waals surface area contributed by atoms with Gasteiger partial charge in [-0.2, -0.15) is 0 Å². The van der Waals surface area contributed by atoms with Crippen molar-refractivity contribution in [3.63, 3.8) is 0 Å². The van der Waals surface area contributed by atoms with Crippen LogP contribution in [0.15, 0.2) is 12.5 Å². The number of H-pyrrole nitrogens is 1. The molecule has 4 N–H and O–H groups in total. The van der Waals surface area contributed by atoms with Crippen molar-refractivity contribution < 1.29 is 14.7 Å². The number of urea groups is 1. The molecule has 0 atom stereocenters. The molecule has 1 fully saturated rings. The summed E-state index contributed by atoms with van der Waals surface area (Å²) in [5, 5.41) is 14.2. The Kier molecular flexibility index (Phi) is 3.50. The summed E-state index contributed by atoms with van der Waals surface area (Å²) in [4.78, 5) is 29.1. The maximum atomic E-state index is 11.4. The summed E-state index contributed by atoms with van der Waals surface area (Å²) < 4.78 is 0. The minimum Gasteiger partial charge on any atom is -0.481 e. The number of nitrogens with zero attached hydrogens (tertiary/aromatic N) is 1. The second-order valence-electron chi connectivity index (χ2n) is 4.52. The fourth-order valence-electron chi connectivity index (χ4n) is 1.66. The summed E-state index contributed by atoms with van der Waals surface area (Å²) in [6.45, 7) is 0.673. The van der Waals surface area contributed by atoms with Gasteiger partial charge in [-0.1, -0.05) is 0 Å². The first-order valence-electron chi connectivity index (χ1n) is 5.85. The minimum absolute atomic E-state index is 0.193. The number of carboxylic acids is 1. The zero-order valence-electron chi connectivity index (χ0n) is 9.90. The highest BCUT2D eigenvalue weighted by molar-refractivity contribution is 5.80.